The summed E-state index contributed by atoms with van der Waals surface area (Å²) in [7, 11) is 0. The summed E-state index contributed by atoms with van der Waals surface area (Å²) in [5.74, 6) is -0.179. The zero-order valence-electron chi connectivity index (χ0n) is 20.7. The molecule has 1 atom stereocenters. The van der Waals surface area contributed by atoms with Crippen LogP contribution in [0.25, 0.3) is 32.0 Å². The molecule has 0 radical (unpaired) electrons. The van der Waals surface area contributed by atoms with E-state index in [-0.39, 0.29) is 23.5 Å². The Hall–Kier alpha value is -4.27. The Morgan fingerprint density at radius 3 is 2.82 bits per heavy atom. The molecule has 0 aliphatic carbocycles. The van der Waals surface area contributed by atoms with Crippen LogP contribution in [-0.2, 0) is 0 Å². The molecule has 4 heterocycles. The smallest absolute Gasteiger partial charge is 0.274 e. The number of alkyl halides is 1. The number of thiophene rings is 1. The number of H-pyrrole nitrogens is 1. The number of carbonyl (C=O) groups is 2. The SMILES string of the molecule is Cc1coc2c(O)cc3c(c12)[C@H](CCl)CN3C(=O)c1cc2cc(NC(=O)c3cc4ccccc4s3)ccc2[nH]1. The summed E-state index contributed by atoms with van der Waals surface area (Å²) in [6, 6.07) is 18.6. The molecule has 3 aromatic carbocycles. The number of aromatic nitrogens is 1. The highest BCUT2D eigenvalue weighted by atomic mass is 35.5. The highest BCUT2D eigenvalue weighted by molar-refractivity contribution is 7.20. The van der Waals surface area contributed by atoms with Crippen LogP contribution in [0.3, 0.4) is 0 Å². The number of phenolic OH excluding ortho intramolecular Hbond substituents is 1. The van der Waals surface area contributed by atoms with Gasteiger partial charge in [0.2, 0.25) is 0 Å². The Morgan fingerprint density at radius 1 is 1.15 bits per heavy atom. The van der Waals surface area contributed by atoms with Gasteiger partial charge in [0.15, 0.2) is 11.3 Å². The lowest BCUT2D eigenvalue weighted by Gasteiger charge is -2.17. The van der Waals surface area contributed by atoms with Gasteiger partial charge in [-0.25, -0.2) is 0 Å². The Bertz CT molecular complexity index is 1920. The fourth-order valence-corrected chi connectivity index (χ4v) is 6.70. The zero-order valence-corrected chi connectivity index (χ0v) is 22.3. The molecule has 7 nitrogen and oxygen atoms in total. The van der Waals surface area contributed by atoms with Gasteiger partial charge >= 0.3 is 0 Å². The first-order valence-corrected chi connectivity index (χ1v) is 13.8. The Labute approximate surface area is 231 Å². The van der Waals surface area contributed by atoms with E-state index in [0.29, 0.717) is 40.0 Å². The summed E-state index contributed by atoms with van der Waals surface area (Å²) in [4.78, 5) is 32.1. The molecule has 2 amide bonds. The van der Waals surface area contributed by atoms with Gasteiger partial charge in [-0.3, -0.25) is 9.59 Å². The number of aromatic hydroxyl groups is 1. The Kier molecular flexibility index (Phi) is 5.43. The van der Waals surface area contributed by atoms with Crippen LogP contribution in [0, 0.1) is 6.92 Å². The van der Waals surface area contributed by atoms with Crippen molar-refractivity contribution in [2.24, 2.45) is 0 Å². The quantitative estimate of drug-likeness (QED) is 0.198. The molecule has 1 aliphatic rings. The van der Waals surface area contributed by atoms with E-state index < -0.39 is 0 Å². The minimum Gasteiger partial charge on any atom is -0.504 e. The Morgan fingerprint density at radius 2 is 2.00 bits per heavy atom. The average Bonchev–Trinajstić information content (AvgIpc) is 3.71. The van der Waals surface area contributed by atoms with Gasteiger partial charge in [-0.2, -0.15) is 0 Å². The van der Waals surface area contributed by atoms with Crippen LogP contribution in [0.4, 0.5) is 11.4 Å². The summed E-state index contributed by atoms with van der Waals surface area (Å²) in [5, 5.41) is 16.2. The van der Waals surface area contributed by atoms with Gasteiger partial charge in [-0.1, -0.05) is 18.2 Å². The van der Waals surface area contributed by atoms with Crippen LogP contribution < -0.4 is 10.2 Å². The fraction of sp³-hybridized carbons (Fsp3) is 0.133. The summed E-state index contributed by atoms with van der Waals surface area (Å²) >= 11 is 7.78. The van der Waals surface area contributed by atoms with E-state index in [4.69, 9.17) is 16.0 Å². The number of carbonyl (C=O) groups excluding carboxylic acids is 2. The number of furan rings is 1. The third-order valence-corrected chi connectivity index (χ3v) is 8.81. The molecule has 0 saturated heterocycles. The predicted octanol–water partition coefficient (Wildman–Crippen LogP) is 7.38. The molecule has 9 heteroatoms. The van der Waals surface area contributed by atoms with Crippen molar-refractivity contribution in [1.82, 2.24) is 4.98 Å². The normalized spacial score (nSPS) is 14.9. The minimum absolute atomic E-state index is 0.0134. The monoisotopic (exact) mass is 555 g/mol. The van der Waals surface area contributed by atoms with E-state index in [9.17, 15) is 14.7 Å². The molecule has 7 rings (SSSR count). The number of halogens is 1. The van der Waals surface area contributed by atoms with Gasteiger partial charge in [0.25, 0.3) is 11.8 Å². The number of rotatable bonds is 4. The van der Waals surface area contributed by atoms with E-state index in [1.807, 2.05) is 55.5 Å². The molecular weight excluding hydrogens is 534 g/mol. The zero-order chi connectivity index (χ0) is 26.8. The second-order valence-corrected chi connectivity index (χ2v) is 11.2. The molecule has 0 saturated carbocycles. The van der Waals surface area contributed by atoms with Gasteiger partial charge in [0.1, 0.15) is 5.69 Å². The van der Waals surface area contributed by atoms with Crippen LogP contribution in [0.2, 0.25) is 0 Å². The molecule has 0 unspecified atom stereocenters. The maximum atomic E-state index is 13.7. The first-order valence-electron chi connectivity index (χ1n) is 12.5. The molecule has 0 bridgehead atoms. The maximum Gasteiger partial charge on any atom is 0.274 e. The van der Waals surface area contributed by atoms with E-state index >= 15 is 0 Å². The van der Waals surface area contributed by atoms with Crippen LogP contribution in [0.1, 0.15) is 37.2 Å². The van der Waals surface area contributed by atoms with Crippen molar-refractivity contribution in [3.63, 3.8) is 0 Å². The number of nitrogens with one attached hydrogen (secondary N) is 2. The summed E-state index contributed by atoms with van der Waals surface area (Å²) in [6.45, 7) is 2.31. The van der Waals surface area contributed by atoms with Crippen LogP contribution in [0.5, 0.6) is 5.75 Å². The second-order valence-electron chi connectivity index (χ2n) is 9.81. The predicted molar refractivity (Wildman–Crippen MR) is 156 cm³/mol. The standard InChI is InChI=1S/C30H22ClN3O4S/c1-15-14-38-28-23(35)11-22-27(26(15)28)18(12-31)13-34(22)30(37)21-9-17-8-19(6-7-20(17)33-21)32-29(36)25-10-16-4-2-3-5-24(16)39-25/h2-11,14,18,33,35H,12-13H2,1H3,(H,32,36)/t18-/m1/s1. The summed E-state index contributed by atoms with van der Waals surface area (Å²) in [6.07, 6.45) is 1.61. The Balaban J connectivity index is 1.19. The van der Waals surface area contributed by atoms with Crippen molar-refractivity contribution in [2.75, 3.05) is 22.6 Å². The third-order valence-electron chi connectivity index (χ3n) is 7.32. The number of fused-ring (bicyclic) bond motifs is 5. The number of benzene rings is 3. The van der Waals surface area contributed by atoms with Crippen LogP contribution in [0.15, 0.2) is 71.3 Å². The topological polar surface area (TPSA) is 98.6 Å². The molecule has 3 aromatic heterocycles. The molecular formula is C30H22ClN3O4S. The number of hydrogen-bond donors (Lipinski definition) is 3. The number of nitrogens with zero attached hydrogens (tertiary/aromatic N) is 1. The highest BCUT2D eigenvalue weighted by Crippen LogP contribution is 2.47. The number of phenols is 1. The number of amides is 2. The first kappa shape index (κ1) is 23.8. The van der Waals surface area contributed by atoms with Crippen molar-refractivity contribution in [3.05, 3.63) is 88.6 Å². The molecule has 6 aromatic rings. The van der Waals surface area contributed by atoms with E-state index in [0.717, 1.165) is 37.5 Å². The van der Waals surface area contributed by atoms with E-state index in [1.165, 1.54) is 11.3 Å². The fourth-order valence-electron chi connectivity index (χ4n) is 5.49. The van der Waals surface area contributed by atoms with Crippen molar-refractivity contribution >= 4 is 78.1 Å². The summed E-state index contributed by atoms with van der Waals surface area (Å²) < 4.78 is 6.63. The lowest BCUT2D eigenvalue weighted by atomic mass is 9.97. The average molecular weight is 556 g/mol. The van der Waals surface area contributed by atoms with Gasteiger partial charge in [0.05, 0.1) is 16.8 Å². The lowest BCUT2D eigenvalue weighted by molar-refractivity contribution is 0.0983. The maximum absolute atomic E-state index is 13.7. The molecule has 0 spiro atoms. The molecule has 39 heavy (non-hydrogen) atoms. The third kappa shape index (κ3) is 3.78. The largest absolute Gasteiger partial charge is 0.504 e. The van der Waals surface area contributed by atoms with Gasteiger partial charge < -0.3 is 24.7 Å². The number of aromatic amines is 1. The molecule has 1 aliphatic heterocycles. The van der Waals surface area contributed by atoms with Crippen molar-refractivity contribution < 1.29 is 19.1 Å². The second kappa shape index (κ2) is 8.90. The van der Waals surface area contributed by atoms with Gasteiger partial charge in [-0.05, 0) is 59.8 Å². The highest BCUT2D eigenvalue weighted by Gasteiger charge is 2.36. The lowest BCUT2D eigenvalue weighted by Crippen LogP contribution is -2.30. The number of aryl methyl sites for hydroxylation is 1. The van der Waals surface area contributed by atoms with E-state index in [2.05, 4.69) is 10.3 Å². The minimum atomic E-state index is -0.226. The van der Waals surface area contributed by atoms with E-state index in [1.54, 1.807) is 23.3 Å². The van der Waals surface area contributed by atoms with Crippen LogP contribution in [-0.4, -0.2) is 34.3 Å². The van der Waals surface area contributed by atoms with Crippen molar-refractivity contribution in [2.45, 2.75) is 12.8 Å². The number of hydrogen-bond acceptors (Lipinski definition) is 5. The molecule has 194 valence electrons. The molecule has 3 N–H and O–H groups in total. The number of anilines is 2. The van der Waals surface area contributed by atoms with Crippen molar-refractivity contribution in [1.29, 1.82) is 0 Å². The summed E-state index contributed by atoms with van der Waals surface area (Å²) in [5.41, 5.74) is 4.66. The van der Waals surface area contributed by atoms with Gasteiger partial charge in [0, 0.05) is 51.1 Å². The molecule has 0 fully saturated rings. The first-order chi connectivity index (χ1) is 18.9. The van der Waals surface area contributed by atoms with Gasteiger partial charge in [-0.15, -0.1) is 22.9 Å². The van der Waals surface area contributed by atoms with Crippen molar-refractivity contribution in [3.8, 4) is 5.75 Å². The van der Waals surface area contributed by atoms with Crippen LogP contribution >= 0.6 is 22.9 Å².